The van der Waals surface area contributed by atoms with E-state index >= 15 is 0 Å². The maximum atomic E-state index is 13.5. The number of nitrogens with one attached hydrogen (secondary N) is 1. The normalized spacial score (nSPS) is 12.3. The molecule has 0 aliphatic heterocycles. The summed E-state index contributed by atoms with van der Waals surface area (Å²) in [5.74, 6) is -3.34. The highest BCUT2D eigenvalue weighted by atomic mass is 19.2. The number of rotatable bonds is 6. The molecule has 2 aromatic carbocycles. The number of carbonyl (C=O) groups is 3. The van der Waals surface area contributed by atoms with Crippen LogP contribution in [0, 0.1) is 11.6 Å². The fourth-order valence-electron chi connectivity index (χ4n) is 3.51. The topological polar surface area (TPSA) is 86.6 Å². The summed E-state index contributed by atoms with van der Waals surface area (Å²) in [4.78, 5) is 37.7. The van der Waals surface area contributed by atoms with E-state index in [1.807, 2.05) is 0 Å². The van der Waals surface area contributed by atoms with Gasteiger partial charge in [-0.2, -0.15) is 0 Å². The van der Waals surface area contributed by atoms with Gasteiger partial charge in [0.15, 0.2) is 11.6 Å². The Bertz CT molecular complexity index is 1230. The number of hydrogen-bond acceptors (Lipinski definition) is 5. The van der Waals surface area contributed by atoms with Crippen molar-refractivity contribution in [2.75, 3.05) is 7.11 Å². The standard InChI is InChI=1S/C25H26F2N2O5/c1-25(2,3)34-24(32)29-14-16(17-7-5-6-8-21(17)29)13-20(23(31)33-4)28-22(30)12-15-9-10-18(26)19(27)11-15/h5-11,14,20H,12-13H2,1-4H3,(H,28,30)/t20-/m0/s1. The lowest BCUT2D eigenvalue weighted by atomic mass is 10.0. The Labute approximate surface area is 195 Å². The fourth-order valence-corrected chi connectivity index (χ4v) is 3.51. The van der Waals surface area contributed by atoms with Crippen LogP contribution in [0.3, 0.4) is 0 Å². The van der Waals surface area contributed by atoms with Crippen LogP contribution in [0.4, 0.5) is 13.6 Å². The Morgan fingerprint density at radius 3 is 2.41 bits per heavy atom. The average Bonchev–Trinajstić information content (AvgIpc) is 3.13. The van der Waals surface area contributed by atoms with E-state index in [1.54, 1.807) is 51.2 Å². The Balaban J connectivity index is 1.85. The smallest absolute Gasteiger partial charge is 0.419 e. The quantitative estimate of drug-likeness (QED) is 0.545. The highest BCUT2D eigenvalue weighted by molar-refractivity contribution is 5.93. The molecule has 0 spiro atoms. The van der Waals surface area contributed by atoms with Crippen molar-refractivity contribution in [1.82, 2.24) is 9.88 Å². The van der Waals surface area contributed by atoms with Crippen molar-refractivity contribution >= 4 is 28.9 Å². The number of halogens is 2. The molecule has 3 aromatic rings. The Morgan fingerprint density at radius 1 is 1.06 bits per heavy atom. The molecule has 9 heteroatoms. The summed E-state index contributed by atoms with van der Waals surface area (Å²) in [7, 11) is 1.20. The van der Waals surface area contributed by atoms with Gasteiger partial charge in [-0.3, -0.25) is 9.36 Å². The lowest BCUT2D eigenvalue weighted by molar-refractivity contribution is -0.145. The maximum absolute atomic E-state index is 13.5. The van der Waals surface area contributed by atoms with Gasteiger partial charge in [-0.25, -0.2) is 18.4 Å². The van der Waals surface area contributed by atoms with Gasteiger partial charge in [0.2, 0.25) is 5.91 Å². The minimum atomic E-state index is -1.07. The number of ether oxygens (including phenoxy) is 2. The van der Waals surface area contributed by atoms with E-state index in [9.17, 15) is 23.2 Å². The molecule has 1 aromatic heterocycles. The summed E-state index contributed by atoms with van der Waals surface area (Å²) in [6.45, 7) is 5.27. The molecule has 3 rings (SSSR count). The minimum absolute atomic E-state index is 0.0342. The second-order valence-corrected chi connectivity index (χ2v) is 8.79. The van der Waals surface area contributed by atoms with E-state index in [2.05, 4.69) is 5.32 Å². The lowest BCUT2D eigenvalue weighted by Gasteiger charge is -2.19. The molecule has 7 nitrogen and oxygen atoms in total. The van der Waals surface area contributed by atoms with Crippen LogP contribution in [-0.2, 0) is 31.9 Å². The summed E-state index contributed by atoms with van der Waals surface area (Å²) < 4.78 is 38.3. The van der Waals surface area contributed by atoms with Crippen molar-refractivity contribution in [3.63, 3.8) is 0 Å². The largest absolute Gasteiger partial charge is 0.467 e. The van der Waals surface area contributed by atoms with Crippen molar-refractivity contribution in [3.05, 3.63) is 71.4 Å². The Kier molecular flexibility index (Phi) is 7.34. The second-order valence-electron chi connectivity index (χ2n) is 8.79. The number of esters is 1. The molecule has 0 unspecified atom stereocenters. The first-order chi connectivity index (χ1) is 16.0. The summed E-state index contributed by atoms with van der Waals surface area (Å²) in [6, 6.07) is 9.19. The van der Waals surface area contributed by atoms with Crippen molar-refractivity contribution in [2.24, 2.45) is 0 Å². The molecule has 1 N–H and O–H groups in total. The van der Waals surface area contributed by atoms with Gasteiger partial charge in [0, 0.05) is 18.0 Å². The van der Waals surface area contributed by atoms with Crippen LogP contribution in [0.15, 0.2) is 48.7 Å². The average molecular weight is 472 g/mol. The summed E-state index contributed by atoms with van der Waals surface area (Å²) in [5.41, 5.74) is 0.750. The van der Waals surface area contributed by atoms with Crippen molar-refractivity contribution in [2.45, 2.75) is 45.3 Å². The molecule has 1 heterocycles. The summed E-state index contributed by atoms with van der Waals surface area (Å²) >= 11 is 0. The van der Waals surface area contributed by atoms with Gasteiger partial charge in [0.1, 0.15) is 11.6 Å². The number of para-hydroxylation sites is 1. The van der Waals surface area contributed by atoms with Gasteiger partial charge >= 0.3 is 12.1 Å². The van der Waals surface area contributed by atoms with Gasteiger partial charge in [0.25, 0.3) is 0 Å². The van der Waals surface area contributed by atoms with E-state index in [1.165, 1.54) is 17.7 Å². The lowest BCUT2D eigenvalue weighted by Crippen LogP contribution is -2.43. The third-order valence-corrected chi connectivity index (χ3v) is 4.98. The zero-order valence-electron chi connectivity index (χ0n) is 19.4. The first-order valence-electron chi connectivity index (χ1n) is 10.6. The van der Waals surface area contributed by atoms with E-state index in [0.29, 0.717) is 16.5 Å². The zero-order valence-corrected chi connectivity index (χ0v) is 19.4. The molecular weight excluding hydrogens is 446 g/mol. The molecule has 0 saturated carbocycles. The van der Waals surface area contributed by atoms with Crippen LogP contribution in [0.5, 0.6) is 0 Å². The third-order valence-electron chi connectivity index (χ3n) is 4.98. The van der Waals surface area contributed by atoms with Crippen LogP contribution >= 0.6 is 0 Å². The van der Waals surface area contributed by atoms with E-state index < -0.39 is 41.2 Å². The first-order valence-corrected chi connectivity index (χ1v) is 10.6. The van der Waals surface area contributed by atoms with Crippen LogP contribution in [0.25, 0.3) is 10.9 Å². The number of fused-ring (bicyclic) bond motifs is 1. The van der Waals surface area contributed by atoms with Crippen LogP contribution < -0.4 is 5.32 Å². The van der Waals surface area contributed by atoms with Gasteiger partial charge in [0.05, 0.1) is 19.0 Å². The van der Waals surface area contributed by atoms with Crippen LogP contribution in [-0.4, -0.2) is 41.3 Å². The number of hydrogen-bond donors (Lipinski definition) is 1. The van der Waals surface area contributed by atoms with E-state index in [4.69, 9.17) is 9.47 Å². The molecule has 0 saturated heterocycles. The molecule has 0 bridgehead atoms. The summed E-state index contributed by atoms with van der Waals surface area (Å²) in [5, 5.41) is 3.29. The predicted octanol–water partition coefficient (Wildman–Crippen LogP) is 4.15. The van der Waals surface area contributed by atoms with Crippen LogP contribution in [0.1, 0.15) is 31.9 Å². The molecular formula is C25H26F2N2O5. The molecule has 34 heavy (non-hydrogen) atoms. The van der Waals surface area contributed by atoms with Crippen molar-refractivity contribution in [1.29, 1.82) is 0 Å². The molecule has 0 aliphatic rings. The van der Waals surface area contributed by atoms with Gasteiger partial charge in [-0.1, -0.05) is 24.3 Å². The number of amides is 1. The second kappa shape index (κ2) is 10.0. The highest BCUT2D eigenvalue weighted by Crippen LogP contribution is 2.24. The van der Waals surface area contributed by atoms with E-state index in [0.717, 1.165) is 12.1 Å². The van der Waals surface area contributed by atoms with Crippen molar-refractivity contribution in [3.8, 4) is 0 Å². The van der Waals surface area contributed by atoms with Gasteiger partial charge in [-0.15, -0.1) is 0 Å². The number of methoxy groups -OCH3 is 1. The monoisotopic (exact) mass is 472 g/mol. The molecule has 0 aliphatic carbocycles. The first kappa shape index (κ1) is 24.9. The molecule has 0 fully saturated rings. The molecule has 0 radical (unpaired) electrons. The predicted molar refractivity (Wildman–Crippen MR) is 121 cm³/mol. The van der Waals surface area contributed by atoms with Gasteiger partial charge in [-0.05, 0) is 50.1 Å². The maximum Gasteiger partial charge on any atom is 0.419 e. The molecule has 1 amide bonds. The number of nitrogens with zero attached hydrogens (tertiary/aromatic N) is 1. The Morgan fingerprint density at radius 2 is 1.76 bits per heavy atom. The number of carbonyl (C=O) groups excluding carboxylic acids is 3. The number of aromatic nitrogens is 1. The number of benzene rings is 2. The third kappa shape index (κ3) is 5.98. The minimum Gasteiger partial charge on any atom is -0.467 e. The highest BCUT2D eigenvalue weighted by Gasteiger charge is 2.26. The molecule has 1 atom stereocenters. The Hall–Kier alpha value is -3.75. The van der Waals surface area contributed by atoms with Crippen LogP contribution in [0.2, 0.25) is 0 Å². The SMILES string of the molecule is COC(=O)[C@H](Cc1cn(C(=O)OC(C)(C)C)c2ccccc12)NC(=O)Cc1ccc(F)c(F)c1. The van der Waals surface area contributed by atoms with E-state index in [-0.39, 0.29) is 18.4 Å². The zero-order chi connectivity index (χ0) is 25.0. The van der Waals surface area contributed by atoms with Gasteiger partial charge < -0.3 is 14.8 Å². The van der Waals surface area contributed by atoms with Crippen molar-refractivity contribution < 1.29 is 32.6 Å². The fraction of sp³-hybridized carbons (Fsp3) is 0.320. The molecule has 180 valence electrons. The summed E-state index contributed by atoms with van der Waals surface area (Å²) in [6.07, 6.45) is 0.763.